The monoisotopic (exact) mass is 231 g/mol. The van der Waals surface area contributed by atoms with Crippen LogP contribution < -0.4 is 4.90 Å². The van der Waals surface area contributed by atoms with Crippen molar-refractivity contribution in [1.29, 1.82) is 0 Å². The molecule has 0 N–H and O–H groups in total. The summed E-state index contributed by atoms with van der Waals surface area (Å²) in [6.45, 7) is 4.12. The molecule has 0 aliphatic carbocycles. The van der Waals surface area contributed by atoms with E-state index in [1.54, 1.807) is 0 Å². The van der Waals surface area contributed by atoms with E-state index in [-0.39, 0.29) is 17.1 Å². The third kappa shape index (κ3) is 2.78. The molecule has 0 saturated heterocycles. The summed E-state index contributed by atoms with van der Waals surface area (Å²) in [5.41, 5.74) is 0. The molecule has 0 fully saturated rings. The first kappa shape index (κ1) is 12.2. The largest absolute Gasteiger partial charge is 0.354 e. The fourth-order valence-electron chi connectivity index (χ4n) is 1.59. The Labute approximate surface area is 94.3 Å². The molecule has 0 unspecified atom stereocenters. The molecule has 1 heterocycles. The van der Waals surface area contributed by atoms with Crippen LogP contribution in [0.15, 0.2) is 6.20 Å². The number of hydrogen-bond donors (Lipinski definition) is 0. The number of hydrogen-bond acceptors (Lipinski definition) is 3. The minimum absolute atomic E-state index is 0.0733. The van der Waals surface area contributed by atoms with Crippen LogP contribution in [0.3, 0.4) is 0 Å². The van der Waals surface area contributed by atoms with E-state index in [4.69, 9.17) is 11.6 Å². The van der Waals surface area contributed by atoms with Crippen molar-refractivity contribution in [3.63, 3.8) is 0 Å². The van der Waals surface area contributed by atoms with Crippen LogP contribution in [0.1, 0.15) is 26.7 Å². The highest BCUT2D eigenvalue weighted by Crippen LogP contribution is 2.20. The van der Waals surface area contributed by atoms with Crippen molar-refractivity contribution in [1.82, 2.24) is 9.97 Å². The highest BCUT2D eigenvalue weighted by atomic mass is 35.5. The molecule has 1 aromatic heterocycles. The van der Waals surface area contributed by atoms with Crippen LogP contribution in [0.4, 0.5) is 10.2 Å². The Bertz CT molecular complexity index is 328. The van der Waals surface area contributed by atoms with E-state index in [9.17, 15) is 4.39 Å². The van der Waals surface area contributed by atoms with E-state index in [2.05, 4.69) is 23.8 Å². The van der Waals surface area contributed by atoms with Crippen molar-refractivity contribution in [2.45, 2.75) is 32.7 Å². The van der Waals surface area contributed by atoms with Crippen molar-refractivity contribution < 1.29 is 4.39 Å². The summed E-state index contributed by atoms with van der Waals surface area (Å²) in [5.74, 6) is -0.169. The standard InChI is InChI=1S/C10H15ClFN3/c1-4-7(5-2)15(3)9-8(12)6-13-10(11)14-9/h6-7H,4-5H2,1-3H3. The minimum atomic E-state index is -0.436. The quantitative estimate of drug-likeness (QED) is 0.747. The van der Waals surface area contributed by atoms with Gasteiger partial charge in [-0.1, -0.05) is 13.8 Å². The number of rotatable bonds is 4. The number of aromatic nitrogens is 2. The zero-order valence-corrected chi connectivity index (χ0v) is 9.92. The van der Waals surface area contributed by atoms with Gasteiger partial charge in [-0.05, 0) is 24.4 Å². The van der Waals surface area contributed by atoms with Gasteiger partial charge in [0.2, 0.25) is 5.28 Å². The van der Waals surface area contributed by atoms with Gasteiger partial charge in [0.15, 0.2) is 11.6 Å². The molecule has 0 aromatic carbocycles. The van der Waals surface area contributed by atoms with Crippen LogP contribution in [0.2, 0.25) is 5.28 Å². The van der Waals surface area contributed by atoms with Crippen molar-refractivity contribution in [3.8, 4) is 0 Å². The number of nitrogens with zero attached hydrogens (tertiary/aromatic N) is 3. The maximum absolute atomic E-state index is 13.4. The predicted octanol–water partition coefficient (Wildman–Crippen LogP) is 2.89. The van der Waals surface area contributed by atoms with Gasteiger partial charge < -0.3 is 4.90 Å². The van der Waals surface area contributed by atoms with Crippen LogP contribution in [0.25, 0.3) is 0 Å². The summed E-state index contributed by atoms with van der Waals surface area (Å²) in [6, 6.07) is 0.269. The second-order valence-corrected chi connectivity index (χ2v) is 3.73. The van der Waals surface area contributed by atoms with Gasteiger partial charge in [0, 0.05) is 13.1 Å². The van der Waals surface area contributed by atoms with Crippen LogP contribution in [0, 0.1) is 5.82 Å². The second-order valence-electron chi connectivity index (χ2n) is 3.39. The Balaban J connectivity index is 2.98. The maximum Gasteiger partial charge on any atom is 0.224 e. The molecule has 0 spiro atoms. The molecule has 0 amide bonds. The van der Waals surface area contributed by atoms with Crippen LogP contribution >= 0.6 is 11.6 Å². The predicted molar refractivity (Wildman–Crippen MR) is 59.8 cm³/mol. The third-order valence-electron chi connectivity index (χ3n) is 2.52. The van der Waals surface area contributed by atoms with E-state index in [1.807, 2.05) is 11.9 Å². The first-order valence-electron chi connectivity index (χ1n) is 5.01. The van der Waals surface area contributed by atoms with Crippen LogP contribution in [0.5, 0.6) is 0 Å². The zero-order valence-electron chi connectivity index (χ0n) is 9.17. The van der Waals surface area contributed by atoms with E-state index in [0.717, 1.165) is 19.0 Å². The minimum Gasteiger partial charge on any atom is -0.354 e. The topological polar surface area (TPSA) is 29.0 Å². The van der Waals surface area contributed by atoms with Gasteiger partial charge in [0.1, 0.15) is 0 Å². The molecular weight excluding hydrogens is 217 g/mol. The molecule has 84 valence electrons. The molecule has 0 saturated carbocycles. The van der Waals surface area contributed by atoms with E-state index in [0.29, 0.717) is 0 Å². The summed E-state index contributed by atoms with van der Waals surface area (Å²) in [7, 11) is 1.82. The lowest BCUT2D eigenvalue weighted by Gasteiger charge is -2.27. The van der Waals surface area contributed by atoms with Gasteiger partial charge >= 0.3 is 0 Å². The fourth-order valence-corrected chi connectivity index (χ4v) is 1.72. The maximum atomic E-state index is 13.4. The van der Waals surface area contributed by atoms with Gasteiger partial charge in [0.05, 0.1) is 6.20 Å². The fraction of sp³-hybridized carbons (Fsp3) is 0.600. The van der Waals surface area contributed by atoms with E-state index in [1.165, 1.54) is 0 Å². The Morgan fingerprint density at radius 2 is 2.07 bits per heavy atom. The molecule has 15 heavy (non-hydrogen) atoms. The van der Waals surface area contributed by atoms with Crippen molar-refractivity contribution in [2.75, 3.05) is 11.9 Å². The summed E-state index contributed by atoms with van der Waals surface area (Å²) >= 11 is 5.64. The first-order valence-corrected chi connectivity index (χ1v) is 5.38. The average Bonchev–Trinajstić information content (AvgIpc) is 2.23. The molecule has 3 nitrogen and oxygen atoms in total. The first-order chi connectivity index (χ1) is 7.10. The highest BCUT2D eigenvalue weighted by Gasteiger charge is 2.16. The van der Waals surface area contributed by atoms with Crippen LogP contribution in [-0.2, 0) is 0 Å². The molecule has 1 rings (SSSR count). The summed E-state index contributed by atoms with van der Waals surface area (Å²) in [5, 5.41) is 0.0733. The summed E-state index contributed by atoms with van der Waals surface area (Å²) in [4.78, 5) is 9.29. The van der Waals surface area contributed by atoms with Crippen molar-refractivity contribution in [3.05, 3.63) is 17.3 Å². The lowest BCUT2D eigenvalue weighted by Crippen LogP contribution is -2.32. The van der Waals surface area contributed by atoms with E-state index < -0.39 is 5.82 Å². The van der Waals surface area contributed by atoms with Crippen molar-refractivity contribution in [2.24, 2.45) is 0 Å². The van der Waals surface area contributed by atoms with Gasteiger partial charge in [-0.2, -0.15) is 4.98 Å². The smallest absolute Gasteiger partial charge is 0.224 e. The number of halogens is 2. The van der Waals surface area contributed by atoms with Crippen molar-refractivity contribution >= 4 is 17.4 Å². The molecule has 5 heteroatoms. The lowest BCUT2D eigenvalue weighted by molar-refractivity contribution is 0.554. The van der Waals surface area contributed by atoms with E-state index >= 15 is 0 Å². The SMILES string of the molecule is CCC(CC)N(C)c1nc(Cl)ncc1F. The second kappa shape index (κ2) is 5.26. The Morgan fingerprint density at radius 1 is 1.47 bits per heavy atom. The average molecular weight is 232 g/mol. The molecule has 0 atom stereocenters. The van der Waals surface area contributed by atoms with Gasteiger partial charge in [-0.25, -0.2) is 9.37 Å². The molecule has 0 bridgehead atoms. The highest BCUT2D eigenvalue weighted by molar-refractivity contribution is 6.28. The summed E-state index contributed by atoms with van der Waals surface area (Å²) < 4.78 is 13.4. The van der Waals surface area contributed by atoms with Gasteiger partial charge in [0.25, 0.3) is 0 Å². The molecule has 0 aliphatic rings. The normalized spacial score (nSPS) is 10.8. The molecule has 0 aliphatic heterocycles. The molecule has 0 radical (unpaired) electrons. The van der Waals surface area contributed by atoms with Gasteiger partial charge in [-0.15, -0.1) is 0 Å². The Hall–Kier alpha value is -0.900. The Kier molecular flexibility index (Phi) is 4.27. The zero-order chi connectivity index (χ0) is 11.4. The molecule has 1 aromatic rings. The lowest BCUT2D eigenvalue weighted by atomic mass is 10.1. The summed E-state index contributed by atoms with van der Waals surface area (Å²) in [6.07, 6.45) is 2.98. The third-order valence-corrected chi connectivity index (χ3v) is 2.70. The van der Waals surface area contributed by atoms with Crippen LogP contribution in [-0.4, -0.2) is 23.1 Å². The number of anilines is 1. The van der Waals surface area contributed by atoms with Gasteiger partial charge in [-0.3, -0.25) is 0 Å². The Morgan fingerprint density at radius 3 is 2.60 bits per heavy atom. The molecular formula is C10H15ClFN3.